The number of hydrogen-bond donors (Lipinski definition) is 1. The fourth-order valence-corrected chi connectivity index (χ4v) is 2.91. The lowest BCUT2D eigenvalue weighted by Gasteiger charge is -2.20. The first-order valence-corrected chi connectivity index (χ1v) is 7.85. The smallest absolute Gasteiger partial charge is 0.268 e. The lowest BCUT2D eigenvalue weighted by atomic mass is 10.1. The summed E-state index contributed by atoms with van der Waals surface area (Å²) in [4.78, 5) is 12.5. The highest BCUT2D eigenvalue weighted by atomic mass is 16.5. The van der Waals surface area contributed by atoms with E-state index >= 15 is 0 Å². The fourth-order valence-electron chi connectivity index (χ4n) is 2.91. The molecule has 1 aromatic carbocycles. The molecule has 1 aromatic heterocycles. The topological polar surface area (TPSA) is 43.3 Å². The minimum Gasteiger partial charge on any atom is -0.376 e. The van der Waals surface area contributed by atoms with Crippen molar-refractivity contribution < 1.29 is 9.53 Å². The van der Waals surface area contributed by atoms with Crippen molar-refractivity contribution in [1.29, 1.82) is 0 Å². The van der Waals surface area contributed by atoms with Crippen LogP contribution in [0.25, 0.3) is 0 Å². The monoisotopic (exact) mass is 298 g/mol. The molecule has 2 atom stereocenters. The van der Waals surface area contributed by atoms with Gasteiger partial charge in [-0.05, 0) is 37.5 Å². The summed E-state index contributed by atoms with van der Waals surface area (Å²) >= 11 is 0. The van der Waals surface area contributed by atoms with Gasteiger partial charge in [-0.25, -0.2) is 0 Å². The third kappa shape index (κ3) is 3.39. The molecule has 1 fully saturated rings. The Balaban J connectivity index is 1.67. The average Bonchev–Trinajstić information content (AvgIpc) is 3.19. The predicted molar refractivity (Wildman–Crippen MR) is 85.9 cm³/mol. The first kappa shape index (κ1) is 14.9. The molecule has 1 aliphatic rings. The molecule has 0 saturated carbocycles. The van der Waals surface area contributed by atoms with Gasteiger partial charge in [-0.15, -0.1) is 0 Å². The molecule has 4 nitrogen and oxygen atoms in total. The van der Waals surface area contributed by atoms with Crippen molar-refractivity contribution in [3.05, 3.63) is 59.9 Å². The maximum atomic E-state index is 12.5. The summed E-state index contributed by atoms with van der Waals surface area (Å²) in [7, 11) is 0. The van der Waals surface area contributed by atoms with E-state index in [1.54, 1.807) is 0 Å². The van der Waals surface area contributed by atoms with Crippen molar-refractivity contribution in [2.24, 2.45) is 0 Å². The molecule has 4 heteroatoms. The van der Waals surface area contributed by atoms with Crippen molar-refractivity contribution >= 4 is 5.91 Å². The van der Waals surface area contributed by atoms with Crippen LogP contribution in [-0.2, 0) is 11.3 Å². The Morgan fingerprint density at radius 1 is 1.32 bits per heavy atom. The predicted octanol–water partition coefficient (Wildman–Crippen LogP) is 2.83. The van der Waals surface area contributed by atoms with Gasteiger partial charge in [-0.3, -0.25) is 4.79 Å². The van der Waals surface area contributed by atoms with Crippen LogP contribution in [0.5, 0.6) is 0 Å². The molecule has 1 aliphatic heterocycles. The normalized spacial score (nSPS) is 19.0. The van der Waals surface area contributed by atoms with Gasteiger partial charge in [0.25, 0.3) is 5.91 Å². The average molecular weight is 298 g/mol. The van der Waals surface area contributed by atoms with E-state index in [1.165, 1.54) is 5.56 Å². The summed E-state index contributed by atoms with van der Waals surface area (Å²) in [6, 6.07) is 14.0. The van der Waals surface area contributed by atoms with E-state index < -0.39 is 0 Å². The number of carbonyl (C=O) groups is 1. The Bertz CT molecular complexity index is 615. The minimum absolute atomic E-state index is 0.0371. The van der Waals surface area contributed by atoms with Gasteiger partial charge in [-0.1, -0.05) is 30.3 Å². The fraction of sp³-hybridized carbons (Fsp3) is 0.389. The Morgan fingerprint density at radius 2 is 2.14 bits per heavy atom. The molecule has 0 radical (unpaired) electrons. The third-order valence-corrected chi connectivity index (χ3v) is 4.14. The van der Waals surface area contributed by atoms with E-state index in [-0.39, 0.29) is 18.1 Å². The van der Waals surface area contributed by atoms with Crippen molar-refractivity contribution in [1.82, 2.24) is 9.88 Å². The zero-order valence-electron chi connectivity index (χ0n) is 12.9. The van der Waals surface area contributed by atoms with Crippen LogP contribution in [0, 0.1) is 0 Å². The number of carbonyl (C=O) groups excluding carboxylic acids is 1. The number of nitrogens with zero attached hydrogens (tertiary/aromatic N) is 1. The molecule has 2 heterocycles. The van der Waals surface area contributed by atoms with Gasteiger partial charge in [-0.2, -0.15) is 0 Å². The number of rotatable bonds is 5. The third-order valence-electron chi connectivity index (χ3n) is 4.14. The SMILES string of the molecule is C[C@@H](NC(=O)c1cccn1Cc1ccccc1)[C@H]1CCCO1. The standard InChI is InChI=1S/C18H22N2O2/c1-14(17-10-6-12-22-17)19-18(21)16-9-5-11-20(16)13-15-7-3-2-4-8-15/h2-5,7-9,11,14,17H,6,10,12-13H2,1H3,(H,19,21)/t14-,17-/m1/s1. The summed E-state index contributed by atoms with van der Waals surface area (Å²) in [6.07, 6.45) is 4.18. The molecule has 0 unspecified atom stereocenters. The van der Waals surface area contributed by atoms with E-state index in [4.69, 9.17) is 4.74 Å². The number of aromatic nitrogens is 1. The van der Waals surface area contributed by atoms with Crippen molar-refractivity contribution in [3.63, 3.8) is 0 Å². The van der Waals surface area contributed by atoms with Crippen molar-refractivity contribution in [2.75, 3.05) is 6.61 Å². The van der Waals surface area contributed by atoms with Crippen LogP contribution in [-0.4, -0.2) is 29.2 Å². The van der Waals surface area contributed by atoms with Crippen molar-refractivity contribution in [3.8, 4) is 0 Å². The van der Waals surface area contributed by atoms with E-state index in [0.717, 1.165) is 19.4 Å². The van der Waals surface area contributed by atoms with Gasteiger partial charge in [0.15, 0.2) is 0 Å². The Morgan fingerprint density at radius 3 is 2.86 bits per heavy atom. The number of benzene rings is 1. The van der Waals surface area contributed by atoms with Gasteiger partial charge in [0.05, 0.1) is 12.1 Å². The van der Waals surface area contributed by atoms with E-state index in [0.29, 0.717) is 12.2 Å². The van der Waals surface area contributed by atoms with Gasteiger partial charge in [0, 0.05) is 19.3 Å². The van der Waals surface area contributed by atoms with Crippen LogP contribution < -0.4 is 5.32 Å². The van der Waals surface area contributed by atoms with Crippen LogP contribution in [0.1, 0.15) is 35.8 Å². The molecular formula is C18H22N2O2. The highest BCUT2D eigenvalue weighted by Crippen LogP contribution is 2.16. The van der Waals surface area contributed by atoms with Crippen LogP contribution in [0.15, 0.2) is 48.7 Å². The second-order valence-corrected chi connectivity index (χ2v) is 5.82. The van der Waals surface area contributed by atoms with Crippen LogP contribution in [0.3, 0.4) is 0 Å². The summed E-state index contributed by atoms with van der Waals surface area (Å²) in [5.74, 6) is -0.0380. The number of nitrogens with one attached hydrogen (secondary N) is 1. The minimum atomic E-state index is -0.0380. The molecule has 2 aromatic rings. The van der Waals surface area contributed by atoms with Gasteiger partial charge < -0.3 is 14.6 Å². The first-order chi connectivity index (χ1) is 10.7. The molecule has 0 aliphatic carbocycles. The largest absolute Gasteiger partial charge is 0.376 e. The van der Waals surface area contributed by atoms with Crippen LogP contribution in [0.4, 0.5) is 0 Å². The molecule has 1 N–H and O–H groups in total. The van der Waals surface area contributed by atoms with E-state index in [9.17, 15) is 4.79 Å². The van der Waals surface area contributed by atoms with Crippen LogP contribution >= 0.6 is 0 Å². The number of amides is 1. The van der Waals surface area contributed by atoms with Gasteiger partial charge in [0.1, 0.15) is 5.69 Å². The second kappa shape index (κ2) is 6.79. The van der Waals surface area contributed by atoms with Gasteiger partial charge in [0.2, 0.25) is 0 Å². The molecule has 0 spiro atoms. The summed E-state index contributed by atoms with van der Waals surface area (Å²) < 4.78 is 7.62. The van der Waals surface area contributed by atoms with E-state index in [2.05, 4.69) is 17.4 Å². The molecule has 1 saturated heterocycles. The number of hydrogen-bond acceptors (Lipinski definition) is 2. The van der Waals surface area contributed by atoms with Crippen LogP contribution in [0.2, 0.25) is 0 Å². The highest BCUT2D eigenvalue weighted by molar-refractivity contribution is 5.93. The Labute approximate surface area is 131 Å². The van der Waals surface area contributed by atoms with Crippen molar-refractivity contribution in [2.45, 2.75) is 38.5 Å². The molecular weight excluding hydrogens is 276 g/mol. The Kier molecular flexibility index (Phi) is 4.59. The lowest BCUT2D eigenvalue weighted by molar-refractivity contribution is 0.0707. The molecule has 1 amide bonds. The summed E-state index contributed by atoms with van der Waals surface area (Å²) in [6.45, 7) is 3.51. The summed E-state index contributed by atoms with van der Waals surface area (Å²) in [5.41, 5.74) is 1.87. The molecule has 3 rings (SSSR count). The molecule has 22 heavy (non-hydrogen) atoms. The van der Waals surface area contributed by atoms with E-state index in [1.807, 2.05) is 48.0 Å². The molecule has 0 bridgehead atoms. The number of ether oxygens (including phenoxy) is 1. The zero-order chi connectivity index (χ0) is 15.4. The lowest BCUT2D eigenvalue weighted by Crippen LogP contribution is -2.41. The maximum Gasteiger partial charge on any atom is 0.268 e. The zero-order valence-corrected chi connectivity index (χ0v) is 12.9. The first-order valence-electron chi connectivity index (χ1n) is 7.85. The maximum absolute atomic E-state index is 12.5. The quantitative estimate of drug-likeness (QED) is 0.922. The van der Waals surface area contributed by atoms with Gasteiger partial charge >= 0.3 is 0 Å². The summed E-state index contributed by atoms with van der Waals surface area (Å²) in [5, 5.41) is 3.07. The second-order valence-electron chi connectivity index (χ2n) is 5.82. The Hall–Kier alpha value is -2.07. The molecule has 116 valence electrons. The highest BCUT2D eigenvalue weighted by Gasteiger charge is 2.24.